The van der Waals surface area contributed by atoms with E-state index in [9.17, 15) is 4.79 Å². The summed E-state index contributed by atoms with van der Waals surface area (Å²) in [5.74, 6) is 5.58. The Morgan fingerprint density at radius 1 is 1.21 bits per heavy atom. The summed E-state index contributed by atoms with van der Waals surface area (Å²) in [5.41, 5.74) is 4.61. The van der Waals surface area contributed by atoms with Crippen LogP contribution in [0.2, 0.25) is 0 Å². The monoisotopic (exact) mass is 320 g/mol. The Morgan fingerprint density at radius 3 is 2.47 bits per heavy atom. The third-order valence-electron chi connectivity index (χ3n) is 2.58. The first-order valence-electron chi connectivity index (χ1n) is 5.61. The molecule has 19 heavy (non-hydrogen) atoms. The molecule has 0 fully saturated rings. The molecule has 4 N–H and O–H groups in total. The number of aryl methyl sites for hydroxylation is 1. The molecule has 0 bridgehead atoms. The molecular weight excluding hydrogens is 308 g/mol. The summed E-state index contributed by atoms with van der Waals surface area (Å²) in [4.78, 5) is 16.3. The van der Waals surface area contributed by atoms with Crippen LogP contribution in [-0.2, 0) is 0 Å². The maximum absolute atomic E-state index is 12.0. The number of carbonyl (C=O) groups is 1. The summed E-state index contributed by atoms with van der Waals surface area (Å²) in [7, 11) is 0. The molecule has 0 spiro atoms. The van der Waals surface area contributed by atoms with E-state index in [1.54, 1.807) is 30.3 Å². The molecule has 0 radical (unpaired) electrons. The number of nitrogens with zero attached hydrogens (tertiary/aromatic N) is 1. The lowest BCUT2D eigenvalue weighted by atomic mass is 10.2. The maximum atomic E-state index is 12.0. The fourth-order valence-corrected chi connectivity index (χ4v) is 1.74. The lowest BCUT2D eigenvalue weighted by Crippen LogP contribution is -2.13. The molecule has 98 valence electrons. The van der Waals surface area contributed by atoms with E-state index in [0.29, 0.717) is 11.4 Å². The van der Waals surface area contributed by atoms with E-state index in [2.05, 4.69) is 31.7 Å². The van der Waals surface area contributed by atoms with Crippen LogP contribution in [-0.4, -0.2) is 10.9 Å². The van der Waals surface area contributed by atoms with Gasteiger partial charge < -0.3 is 10.7 Å². The molecule has 6 heteroatoms. The fourth-order valence-electron chi connectivity index (χ4n) is 1.52. The number of nitrogens with one attached hydrogen (secondary N) is 2. The number of aromatic nitrogens is 1. The van der Waals surface area contributed by atoms with Crippen LogP contribution in [0.25, 0.3) is 0 Å². The van der Waals surface area contributed by atoms with Crippen molar-refractivity contribution >= 4 is 33.3 Å². The predicted molar refractivity (Wildman–Crippen MR) is 78.9 cm³/mol. The van der Waals surface area contributed by atoms with Crippen LogP contribution >= 0.6 is 15.9 Å². The molecule has 0 saturated heterocycles. The Labute approximate surface area is 119 Å². The van der Waals surface area contributed by atoms with Gasteiger partial charge in [-0.2, -0.15) is 0 Å². The third-order valence-corrected chi connectivity index (χ3v) is 3.41. The molecule has 0 aliphatic rings. The van der Waals surface area contributed by atoms with E-state index in [4.69, 9.17) is 5.84 Å². The standard InChI is InChI=1S/C13H13BrN4O/c1-8-11(14)6-7-12(16-8)17-13(19)9-2-4-10(18-15)5-3-9/h2-7,18H,15H2,1H3,(H,16,17,19). The van der Waals surface area contributed by atoms with Crippen LogP contribution in [0.3, 0.4) is 0 Å². The number of nitrogen functional groups attached to an aromatic ring is 1. The third kappa shape index (κ3) is 3.30. The Kier molecular flexibility index (Phi) is 4.13. The van der Waals surface area contributed by atoms with Crippen molar-refractivity contribution in [1.29, 1.82) is 0 Å². The minimum Gasteiger partial charge on any atom is -0.324 e. The zero-order valence-corrected chi connectivity index (χ0v) is 11.9. The number of carbonyl (C=O) groups excluding carboxylic acids is 1. The number of rotatable bonds is 3. The van der Waals surface area contributed by atoms with E-state index in [1.165, 1.54) is 0 Å². The van der Waals surface area contributed by atoms with Crippen LogP contribution in [0.15, 0.2) is 40.9 Å². The van der Waals surface area contributed by atoms with Gasteiger partial charge in [-0.1, -0.05) is 0 Å². The van der Waals surface area contributed by atoms with Gasteiger partial charge in [-0.3, -0.25) is 10.6 Å². The van der Waals surface area contributed by atoms with E-state index >= 15 is 0 Å². The fraction of sp³-hybridized carbons (Fsp3) is 0.0769. The van der Waals surface area contributed by atoms with E-state index in [0.717, 1.165) is 15.9 Å². The van der Waals surface area contributed by atoms with Crippen LogP contribution < -0.4 is 16.6 Å². The number of nitrogens with two attached hydrogens (primary N) is 1. The smallest absolute Gasteiger partial charge is 0.256 e. The van der Waals surface area contributed by atoms with Gasteiger partial charge in [-0.25, -0.2) is 4.98 Å². The molecule has 2 aromatic rings. The lowest BCUT2D eigenvalue weighted by molar-refractivity contribution is 0.102. The van der Waals surface area contributed by atoms with Gasteiger partial charge in [0.2, 0.25) is 0 Å². The molecule has 2 rings (SSSR count). The molecule has 0 unspecified atom stereocenters. The number of hydrogen-bond donors (Lipinski definition) is 3. The zero-order chi connectivity index (χ0) is 13.8. The van der Waals surface area contributed by atoms with E-state index < -0.39 is 0 Å². The van der Waals surface area contributed by atoms with Gasteiger partial charge in [0.15, 0.2) is 0 Å². The van der Waals surface area contributed by atoms with Crippen LogP contribution in [0, 0.1) is 6.92 Å². The van der Waals surface area contributed by atoms with Crippen LogP contribution in [0.5, 0.6) is 0 Å². The van der Waals surface area contributed by atoms with Crippen molar-refractivity contribution in [2.75, 3.05) is 10.7 Å². The minimum absolute atomic E-state index is 0.210. The highest BCUT2D eigenvalue weighted by molar-refractivity contribution is 9.10. The first-order valence-corrected chi connectivity index (χ1v) is 6.40. The van der Waals surface area contributed by atoms with Gasteiger partial charge in [-0.15, -0.1) is 0 Å². The SMILES string of the molecule is Cc1nc(NC(=O)c2ccc(NN)cc2)ccc1Br. The second-order valence-electron chi connectivity index (χ2n) is 3.94. The van der Waals surface area contributed by atoms with Crippen LogP contribution in [0.4, 0.5) is 11.5 Å². The highest BCUT2D eigenvalue weighted by Gasteiger charge is 2.07. The Bertz CT molecular complexity index is 598. The molecule has 1 heterocycles. The lowest BCUT2D eigenvalue weighted by Gasteiger charge is -2.07. The molecule has 0 aliphatic heterocycles. The van der Waals surface area contributed by atoms with Crippen LogP contribution in [0.1, 0.15) is 16.1 Å². The Balaban J connectivity index is 2.13. The topological polar surface area (TPSA) is 80.0 Å². The first-order chi connectivity index (χ1) is 9.10. The van der Waals surface area contributed by atoms with Crippen molar-refractivity contribution in [2.45, 2.75) is 6.92 Å². The van der Waals surface area contributed by atoms with Gasteiger partial charge in [0.05, 0.1) is 5.69 Å². The summed E-state index contributed by atoms with van der Waals surface area (Å²) in [6, 6.07) is 10.4. The average molecular weight is 321 g/mol. The Hall–Kier alpha value is -1.92. The molecule has 0 atom stereocenters. The van der Waals surface area contributed by atoms with Gasteiger partial charge in [0, 0.05) is 15.7 Å². The number of pyridine rings is 1. The number of benzene rings is 1. The minimum atomic E-state index is -0.210. The number of hydrazine groups is 1. The molecule has 1 aromatic heterocycles. The van der Waals surface area contributed by atoms with Crippen molar-refractivity contribution in [2.24, 2.45) is 5.84 Å². The van der Waals surface area contributed by atoms with Gasteiger partial charge in [0.1, 0.15) is 5.82 Å². The van der Waals surface area contributed by atoms with Gasteiger partial charge >= 0.3 is 0 Å². The van der Waals surface area contributed by atoms with Gasteiger partial charge in [0.25, 0.3) is 5.91 Å². The number of hydrogen-bond acceptors (Lipinski definition) is 4. The predicted octanol–water partition coefficient (Wildman–Crippen LogP) is 2.69. The summed E-state index contributed by atoms with van der Waals surface area (Å²) >= 11 is 3.36. The summed E-state index contributed by atoms with van der Waals surface area (Å²) in [5, 5.41) is 2.74. The molecule has 0 saturated carbocycles. The summed E-state index contributed by atoms with van der Waals surface area (Å²) in [6.07, 6.45) is 0. The molecule has 5 nitrogen and oxygen atoms in total. The quantitative estimate of drug-likeness (QED) is 0.600. The highest BCUT2D eigenvalue weighted by Crippen LogP contribution is 2.17. The molecule has 1 amide bonds. The highest BCUT2D eigenvalue weighted by atomic mass is 79.9. The van der Waals surface area contributed by atoms with Crippen molar-refractivity contribution in [3.05, 3.63) is 52.1 Å². The largest absolute Gasteiger partial charge is 0.324 e. The zero-order valence-electron chi connectivity index (χ0n) is 10.3. The maximum Gasteiger partial charge on any atom is 0.256 e. The van der Waals surface area contributed by atoms with Gasteiger partial charge in [-0.05, 0) is 59.3 Å². The molecular formula is C13H13BrN4O. The molecule has 1 aromatic carbocycles. The number of halogens is 1. The summed E-state index contributed by atoms with van der Waals surface area (Å²) in [6.45, 7) is 1.86. The normalized spacial score (nSPS) is 10.1. The second kappa shape index (κ2) is 5.81. The summed E-state index contributed by atoms with van der Waals surface area (Å²) < 4.78 is 0.906. The van der Waals surface area contributed by atoms with Crippen molar-refractivity contribution in [1.82, 2.24) is 4.98 Å². The van der Waals surface area contributed by atoms with E-state index in [1.807, 2.05) is 13.0 Å². The molecule has 0 aliphatic carbocycles. The van der Waals surface area contributed by atoms with E-state index in [-0.39, 0.29) is 5.91 Å². The Morgan fingerprint density at radius 2 is 1.89 bits per heavy atom. The first kappa shape index (κ1) is 13.5. The van der Waals surface area contributed by atoms with Crippen molar-refractivity contribution in [3.8, 4) is 0 Å². The number of amides is 1. The van der Waals surface area contributed by atoms with Crippen molar-refractivity contribution in [3.63, 3.8) is 0 Å². The number of anilines is 2. The average Bonchev–Trinajstić information content (AvgIpc) is 2.43. The van der Waals surface area contributed by atoms with Crippen molar-refractivity contribution < 1.29 is 4.79 Å². The second-order valence-corrected chi connectivity index (χ2v) is 4.79.